The van der Waals surface area contributed by atoms with Crippen LogP contribution in [-0.2, 0) is 6.18 Å². The lowest BCUT2D eigenvalue weighted by atomic mass is 10.0. The van der Waals surface area contributed by atoms with Crippen molar-refractivity contribution in [3.63, 3.8) is 0 Å². The molecule has 0 N–H and O–H groups in total. The fourth-order valence-corrected chi connectivity index (χ4v) is 3.44. The quantitative estimate of drug-likeness (QED) is 0.547. The summed E-state index contributed by atoms with van der Waals surface area (Å²) < 4.78 is 53.9. The molecular formula is C19H12ClF4N5O. The van der Waals surface area contributed by atoms with E-state index in [1.807, 2.05) is 0 Å². The van der Waals surface area contributed by atoms with Crippen LogP contribution in [0.2, 0.25) is 5.02 Å². The fraction of sp³-hybridized carbons (Fsp3) is 0.158. The highest BCUT2D eigenvalue weighted by Crippen LogP contribution is 2.38. The van der Waals surface area contributed by atoms with Gasteiger partial charge in [0, 0.05) is 6.20 Å². The SMILES string of the molecule is CC1c2nnn(-c3ccc(F)cn3)c2C=CN1C(=O)c1cccc(C(F)(F)F)c1Cl. The highest BCUT2D eigenvalue weighted by Gasteiger charge is 2.36. The standard InChI is InChI=1S/C19H12ClF4N5O/c1-10-17-14(29(27-26-17)15-6-5-11(21)9-25-15)7-8-28(10)18(30)12-3-2-4-13(16(12)20)19(22,23)24/h2-10H,1H3. The molecule has 4 rings (SSSR count). The molecule has 1 unspecified atom stereocenters. The number of benzene rings is 1. The number of alkyl halides is 3. The predicted octanol–water partition coefficient (Wildman–Crippen LogP) is 4.66. The van der Waals surface area contributed by atoms with Crippen molar-refractivity contribution in [2.24, 2.45) is 0 Å². The summed E-state index contributed by atoms with van der Waals surface area (Å²) in [4.78, 5) is 18.1. The van der Waals surface area contributed by atoms with Gasteiger partial charge in [-0.15, -0.1) is 5.10 Å². The minimum atomic E-state index is -4.69. The van der Waals surface area contributed by atoms with Crippen LogP contribution < -0.4 is 0 Å². The van der Waals surface area contributed by atoms with E-state index in [1.54, 1.807) is 6.92 Å². The van der Waals surface area contributed by atoms with Crippen molar-refractivity contribution < 1.29 is 22.4 Å². The van der Waals surface area contributed by atoms with E-state index in [9.17, 15) is 22.4 Å². The Labute approximate surface area is 172 Å². The van der Waals surface area contributed by atoms with Crippen molar-refractivity contribution in [1.82, 2.24) is 24.9 Å². The first-order valence-electron chi connectivity index (χ1n) is 8.62. The Hall–Kier alpha value is -3.27. The zero-order chi connectivity index (χ0) is 21.6. The molecule has 30 heavy (non-hydrogen) atoms. The molecular weight excluding hydrogens is 426 g/mol. The maximum Gasteiger partial charge on any atom is 0.417 e. The van der Waals surface area contributed by atoms with Crippen LogP contribution in [0.4, 0.5) is 17.6 Å². The Morgan fingerprint density at radius 3 is 2.63 bits per heavy atom. The first-order valence-corrected chi connectivity index (χ1v) is 9.00. The average Bonchev–Trinajstić information content (AvgIpc) is 3.13. The largest absolute Gasteiger partial charge is 0.417 e. The van der Waals surface area contributed by atoms with Gasteiger partial charge in [-0.05, 0) is 37.3 Å². The highest BCUT2D eigenvalue weighted by molar-refractivity contribution is 6.34. The summed E-state index contributed by atoms with van der Waals surface area (Å²) in [5, 5.41) is 7.39. The number of carbonyl (C=O) groups excluding carboxylic acids is 1. The molecule has 0 bridgehead atoms. The zero-order valence-corrected chi connectivity index (χ0v) is 16.0. The Kier molecular flexibility index (Phi) is 4.81. The maximum absolute atomic E-state index is 13.1. The topological polar surface area (TPSA) is 63.9 Å². The van der Waals surface area contributed by atoms with Gasteiger partial charge in [0.15, 0.2) is 5.82 Å². The van der Waals surface area contributed by atoms with Crippen molar-refractivity contribution in [1.29, 1.82) is 0 Å². The summed E-state index contributed by atoms with van der Waals surface area (Å²) in [6, 6.07) is 5.17. The minimum Gasteiger partial charge on any atom is -0.306 e. The normalized spacial score (nSPS) is 15.9. The molecule has 0 fully saturated rings. The second-order valence-electron chi connectivity index (χ2n) is 6.48. The van der Waals surface area contributed by atoms with Crippen LogP contribution in [0.15, 0.2) is 42.7 Å². The lowest BCUT2D eigenvalue weighted by Gasteiger charge is -2.28. The van der Waals surface area contributed by atoms with Crippen molar-refractivity contribution in [3.05, 3.63) is 76.1 Å². The first kappa shape index (κ1) is 20.0. The number of nitrogens with zero attached hydrogens (tertiary/aromatic N) is 5. The second kappa shape index (κ2) is 7.21. The van der Waals surface area contributed by atoms with Gasteiger partial charge in [-0.2, -0.15) is 17.9 Å². The number of fused-ring (bicyclic) bond motifs is 1. The third-order valence-corrected chi connectivity index (χ3v) is 5.04. The van der Waals surface area contributed by atoms with E-state index < -0.39 is 34.5 Å². The molecule has 0 aliphatic carbocycles. The van der Waals surface area contributed by atoms with Crippen molar-refractivity contribution in [2.75, 3.05) is 0 Å². The number of hydrogen-bond acceptors (Lipinski definition) is 4. The van der Waals surface area contributed by atoms with Crippen LogP contribution in [0.5, 0.6) is 0 Å². The van der Waals surface area contributed by atoms with E-state index >= 15 is 0 Å². The Morgan fingerprint density at radius 2 is 1.97 bits per heavy atom. The second-order valence-corrected chi connectivity index (χ2v) is 6.85. The molecule has 6 nitrogen and oxygen atoms in total. The van der Waals surface area contributed by atoms with E-state index in [2.05, 4.69) is 15.3 Å². The number of pyridine rings is 1. The Morgan fingerprint density at radius 1 is 1.20 bits per heavy atom. The van der Waals surface area contributed by atoms with Crippen molar-refractivity contribution in [2.45, 2.75) is 19.1 Å². The third-order valence-electron chi connectivity index (χ3n) is 4.64. The van der Waals surface area contributed by atoms with Gasteiger partial charge < -0.3 is 4.90 Å². The monoisotopic (exact) mass is 437 g/mol. The van der Waals surface area contributed by atoms with Gasteiger partial charge in [-0.1, -0.05) is 22.9 Å². The first-order chi connectivity index (χ1) is 14.2. The Balaban J connectivity index is 1.69. The molecule has 3 heterocycles. The van der Waals surface area contributed by atoms with E-state index in [4.69, 9.17) is 11.6 Å². The molecule has 1 aromatic carbocycles. The van der Waals surface area contributed by atoms with Gasteiger partial charge in [-0.3, -0.25) is 4.79 Å². The Bertz CT molecular complexity index is 1160. The molecule has 0 saturated heterocycles. The van der Waals surface area contributed by atoms with E-state index in [1.165, 1.54) is 40.1 Å². The summed E-state index contributed by atoms with van der Waals surface area (Å²) in [6.07, 6.45) is -0.714. The fourth-order valence-electron chi connectivity index (χ4n) is 3.13. The molecule has 2 aromatic heterocycles. The van der Waals surface area contributed by atoms with Gasteiger partial charge in [0.2, 0.25) is 0 Å². The molecule has 3 aromatic rings. The molecule has 1 aliphatic heterocycles. The van der Waals surface area contributed by atoms with Gasteiger partial charge in [0.05, 0.1) is 34.1 Å². The zero-order valence-electron chi connectivity index (χ0n) is 15.2. The van der Waals surface area contributed by atoms with Crippen molar-refractivity contribution >= 4 is 23.6 Å². The van der Waals surface area contributed by atoms with Gasteiger partial charge in [-0.25, -0.2) is 9.37 Å². The predicted molar refractivity (Wildman–Crippen MR) is 99.2 cm³/mol. The van der Waals surface area contributed by atoms with Crippen LogP contribution >= 0.6 is 11.6 Å². The van der Waals surface area contributed by atoms with Crippen LogP contribution in [0.25, 0.3) is 11.9 Å². The number of rotatable bonds is 2. The lowest BCUT2D eigenvalue weighted by molar-refractivity contribution is -0.137. The summed E-state index contributed by atoms with van der Waals surface area (Å²) in [7, 11) is 0. The van der Waals surface area contributed by atoms with Gasteiger partial charge >= 0.3 is 6.18 Å². The van der Waals surface area contributed by atoms with E-state index in [0.717, 1.165) is 18.3 Å². The summed E-state index contributed by atoms with van der Waals surface area (Å²) in [5.41, 5.74) is -0.447. The van der Waals surface area contributed by atoms with Crippen LogP contribution in [0.3, 0.4) is 0 Å². The maximum atomic E-state index is 13.1. The van der Waals surface area contributed by atoms with Gasteiger partial charge in [0.25, 0.3) is 5.91 Å². The summed E-state index contributed by atoms with van der Waals surface area (Å²) >= 11 is 5.89. The van der Waals surface area contributed by atoms with Crippen LogP contribution in [0.1, 0.15) is 40.3 Å². The molecule has 0 spiro atoms. The molecule has 0 radical (unpaired) electrons. The van der Waals surface area contributed by atoms with Crippen LogP contribution in [0, 0.1) is 5.82 Å². The minimum absolute atomic E-state index is 0.279. The summed E-state index contributed by atoms with van der Waals surface area (Å²) in [5.74, 6) is -0.899. The number of halogens is 5. The third kappa shape index (κ3) is 3.32. The highest BCUT2D eigenvalue weighted by atomic mass is 35.5. The molecule has 1 atom stereocenters. The average molecular weight is 438 g/mol. The van der Waals surface area contributed by atoms with Crippen LogP contribution in [-0.4, -0.2) is 30.8 Å². The number of carbonyl (C=O) groups is 1. The van der Waals surface area contributed by atoms with Gasteiger partial charge in [0.1, 0.15) is 11.5 Å². The number of aromatic nitrogens is 4. The number of amides is 1. The molecule has 1 amide bonds. The molecule has 154 valence electrons. The molecule has 1 aliphatic rings. The smallest absolute Gasteiger partial charge is 0.306 e. The number of hydrogen-bond donors (Lipinski definition) is 0. The van der Waals surface area contributed by atoms with E-state index in [-0.39, 0.29) is 5.56 Å². The summed E-state index contributed by atoms with van der Waals surface area (Å²) in [6.45, 7) is 1.65. The lowest BCUT2D eigenvalue weighted by Crippen LogP contribution is -2.31. The van der Waals surface area contributed by atoms with E-state index in [0.29, 0.717) is 17.2 Å². The molecule has 0 saturated carbocycles. The molecule has 11 heteroatoms. The van der Waals surface area contributed by atoms with Crippen molar-refractivity contribution in [3.8, 4) is 5.82 Å².